The molecular formula is C19H26N4O2. The van der Waals surface area contributed by atoms with Gasteiger partial charge in [-0.05, 0) is 50.8 Å². The van der Waals surface area contributed by atoms with Crippen molar-refractivity contribution in [3.05, 3.63) is 41.6 Å². The summed E-state index contributed by atoms with van der Waals surface area (Å²) in [6.45, 7) is 4.77. The van der Waals surface area contributed by atoms with E-state index in [1.54, 1.807) is 16.8 Å². The van der Waals surface area contributed by atoms with Gasteiger partial charge in [-0.25, -0.2) is 0 Å². The molecule has 2 atom stereocenters. The van der Waals surface area contributed by atoms with E-state index in [0.717, 1.165) is 37.3 Å². The molecule has 0 saturated carbocycles. The maximum Gasteiger partial charge on any atom is 0.245 e. The Kier molecular flexibility index (Phi) is 5.08. The minimum absolute atomic E-state index is 0.125. The molecule has 2 aromatic rings. The molecule has 0 unspecified atom stereocenters. The van der Waals surface area contributed by atoms with Crippen LogP contribution >= 0.6 is 0 Å². The number of aryl methyl sites for hydroxylation is 3. The van der Waals surface area contributed by atoms with Gasteiger partial charge in [-0.2, -0.15) is 5.10 Å². The Bertz CT molecular complexity index is 738. The van der Waals surface area contributed by atoms with Crippen molar-refractivity contribution >= 4 is 11.7 Å². The summed E-state index contributed by atoms with van der Waals surface area (Å²) in [7, 11) is 1.87. The number of nitrogens with zero attached hydrogens (tertiary/aromatic N) is 3. The number of phenols is 1. The van der Waals surface area contributed by atoms with Crippen LogP contribution in [0.4, 0.5) is 5.82 Å². The summed E-state index contributed by atoms with van der Waals surface area (Å²) in [5.74, 6) is 1.28. The number of aromatic nitrogens is 2. The van der Waals surface area contributed by atoms with Crippen LogP contribution in [-0.4, -0.2) is 39.4 Å². The van der Waals surface area contributed by atoms with E-state index in [1.807, 2.05) is 37.1 Å². The predicted octanol–water partition coefficient (Wildman–Crippen LogP) is 2.15. The number of benzene rings is 1. The van der Waals surface area contributed by atoms with Crippen LogP contribution in [0, 0.1) is 6.92 Å². The van der Waals surface area contributed by atoms with Crippen LogP contribution < -0.4 is 10.2 Å². The molecule has 0 aliphatic carbocycles. The molecule has 6 nitrogen and oxygen atoms in total. The summed E-state index contributed by atoms with van der Waals surface area (Å²) in [6, 6.07) is 9.36. The Morgan fingerprint density at radius 1 is 1.36 bits per heavy atom. The van der Waals surface area contributed by atoms with Gasteiger partial charge in [0.15, 0.2) is 0 Å². The third-order valence-corrected chi connectivity index (χ3v) is 4.75. The molecule has 1 aromatic carbocycles. The van der Waals surface area contributed by atoms with Crippen molar-refractivity contribution in [3.63, 3.8) is 0 Å². The second-order valence-electron chi connectivity index (χ2n) is 6.87. The molecule has 1 aliphatic rings. The molecule has 2 N–H and O–H groups in total. The van der Waals surface area contributed by atoms with Crippen LogP contribution in [0.25, 0.3) is 0 Å². The number of rotatable bonds is 6. The number of amides is 1. The maximum absolute atomic E-state index is 12.7. The Labute approximate surface area is 148 Å². The van der Waals surface area contributed by atoms with Crippen molar-refractivity contribution in [3.8, 4) is 5.75 Å². The topological polar surface area (TPSA) is 70.4 Å². The molecule has 1 fully saturated rings. The Morgan fingerprint density at radius 2 is 2.08 bits per heavy atom. The SMILES string of the molecule is Cc1cc(N2CC[C@H](N[C@H](C)CCc3ccc(O)cc3)C2=O)n(C)n1. The van der Waals surface area contributed by atoms with E-state index < -0.39 is 0 Å². The molecular weight excluding hydrogens is 316 g/mol. The monoisotopic (exact) mass is 342 g/mol. The molecule has 134 valence electrons. The van der Waals surface area contributed by atoms with Crippen LogP contribution in [0.2, 0.25) is 0 Å². The van der Waals surface area contributed by atoms with Crippen molar-refractivity contribution in [1.29, 1.82) is 0 Å². The lowest BCUT2D eigenvalue weighted by molar-refractivity contribution is -0.119. The van der Waals surface area contributed by atoms with E-state index >= 15 is 0 Å². The van der Waals surface area contributed by atoms with Crippen LogP contribution in [0.3, 0.4) is 0 Å². The summed E-state index contributed by atoms with van der Waals surface area (Å²) < 4.78 is 1.77. The van der Waals surface area contributed by atoms with Crippen molar-refractivity contribution in [2.45, 2.75) is 45.2 Å². The van der Waals surface area contributed by atoms with Gasteiger partial charge in [-0.1, -0.05) is 12.1 Å². The summed E-state index contributed by atoms with van der Waals surface area (Å²) in [4.78, 5) is 14.5. The minimum atomic E-state index is -0.134. The Balaban J connectivity index is 1.53. The second-order valence-corrected chi connectivity index (χ2v) is 6.87. The fourth-order valence-corrected chi connectivity index (χ4v) is 3.38. The quantitative estimate of drug-likeness (QED) is 0.844. The van der Waals surface area contributed by atoms with Gasteiger partial charge in [-0.15, -0.1) is 0 Å². The van der Waals surface area contributed by atoms with Crippen LogP contribution in [0.1, 0.15) is 31.0 Å². The molecule has 1 amide bonds. The first kappa shape index (κ1) is 17.5. The molecule has 1 aliphatic heterocycles. The van der Waals surface area contributed by atoms with Gasteiger partial charge in [0.25, 0.3) is 0 Å². The van der Waals surface area contributed by atoms with Crippen LogP contribution in [0.5, 0.6) is 5.75 Å². The van der Waals surface area contributed by atoms with Crippen molar-refractivity contribution in [1.82, 2.24) is 15.1 Å². The minimum Gasteiger partial charge on any atom is -0.508 e. The molecule has 1 saturated heterocycles. The molecule has 0 bridgehead atoms. The Morgan fingerprint density at radius 3 is 2.72 bits per heavy atom. The summed E-state index contributed by atoms with van der Waals surface area (Å²) in [6.07, 6.45) is 2.67. The van der Waals surface area contributed by atoms with Gasteiger partial charge in [0.1, 0.15) is 11.6 Å². The highest BCUT2D eigenvalue weighted by Gasteiger charge is 2.34. The van der Waals surface area contributed by atoms with E-state index in [9.17, 15) is 9.90 Å². The van der Waals surface area contributed by atoms with Crippen molar-refractivity contribution < 1.29 is 9.90 Å². The lowest BCUT2D eigenvalue weighted by Gasteiger charge is -2.20. The summed E-state index contributed by atoms with van der Waals surface area (Å²) in [5.41, 5.74) is 2.11. The van der Waals surface area contributed by atoms with Crippen LogP contribution in [-0.2, 0) is 18.3 Å². The third kappa shape index (κ3) is 4.02. The first-order chi connectivity index (χ1) is 11.9. The number of carbonyl (C=O) groups is 1. The highest BCUT2D eigenvalue weighted by molar-refractivity contribution is 5.98. The number of hydrogen-bond acceptors (Lipinski definition) is 4. The fraction of sp³-hybridized carbons (Fsp3) is 0.474. The number of nitrogens with one attached hydrogen (secondary N) is 1. The van der Waals surface area contributed by atoms with Gasteiger partial charge in [-0.3, -0.25) is 14.4 Å². The van der Waals surface area contributed by atoms with Gasteiger partial charge in [0.05, 0.1) is 11.7 Å². The number of carbonyl (C=O) groups excluding carboxylic acids is 1. The number of hydrogen-bond donors (Lipinski definition) is 2. The molecule has 1 aromatic heterocycles. The zero-order valence-electron chi connectivity index (χ0n) is 15.1. The number of anilines is 1. The average molecular weight is 342 g/mol. The fourth-order valence-electron chi connectivity index (χ4n) is 3.38. The average Bonchev–Trinajstić information content (AvgIpc) is 3.09. The van der Waals surface area contributed by atoms with Gasteiger partial charge in [0.2, 0.25) is 5.91 Å². The van der Waals surface area contributed by atoms with Crippen molar-refractivity contribution in [2.24, 2.45) is 7.05 Å². The molecule has 0 spiro atoms. The largest absolute Gasteiger partial charge is 0.508 e. The van der Waals surface area contributed by atoms with E-state index in [2.05, 4.69) is 17.3 Å². The lowest BCUT2D eigenvalue weighted by atomic mass is 10.1. The molecule has 25 heavy (non-hydrogen) atoms. The zero-order chi connectivity index (χ0) is 18.0. The number of aromatic hydroxyl groups is 1. The normalized spacial score (nSPS) is 18.8. The third-order valence-electron chi connectivity index (χ3n) is 4.75. The first-order valence-corrected chi connectivity index (χ1v) is 8.80. The standard InChI is InChI=1S/C19H26N4O2/c1-13(4-5-15-6-8-16(24)9-7-15)20-17-10-11-23(19(17)25)18-12-14(2)21-22(18)3/h6-9,12-13,17,20,24H,4-5,10-11H2,1-3H3/t13-,17+/m1/s1. The number of phenolic OH excluding ortho intramolecular Hbond substituents is 1. The maximum atomic E-state index is 12.7. The molecule has 3 rings (SSSR count). The Hall–Kier alpha value is -2.34. The van der Waals surface area contributed by atoms with E-state index in [-0.39, 0.29) is 23.7 Å². The van der Waals surface area contributed by atoms with E-state index in [0.29, 0.717) is 0 Å². The second kappa shape index (κ2) is 7.27. The molecule has 2 heterocycles. The van der Waals surface area contributed by atoms with E-state index in [4.69, 9.17) is 0 Å². The van der Waals surface area contributed by atoms with Gasteiger partial charge >= 0.3 is 0 Å². The summed E-state index contributed by atoms with van der Waals surface area (Å²) in [5, 5.41) is 17.1. The van der Waals surface area contributed by atoms with Gasteiger partial charge in [0, 0.05) is 25.7 Å². The highest BCUT2D eigenvalue weighted by Crippen LogP contribution is 2.22. The van der Waals surface area contributed by atoms with Crippen LogP contribution in [0.15, 0.2) is 30.3 Å². The molecule has 0 radical (unpaired) electrons. The predicted molar refractivity (Wildman–Crippen MR) is 97.7 cm³/mol. The highest BCUT2D eigenvalue weighted by atomic mass is 16.3. The van der Waals surface area contributed by atoms with Gasteiger partial charge < -0.3 is 10.4 Å². The lowest BCUT2D eigenvalue weighted by Crippen LogP contribution is -2.43. The smallest absolute Gasteiger partial charge is 0.245 e. The molecule has 6 heteroatoms. The zero-order valence-corrected chi connectivity index (χ0v) is 15.1. The summed E-state index contributed by atoms with van der Waals surface area (Å²) >= 11 is 0. The first-order valence-electron chi connectivity index (χ1n) is 8.80. The van der Waals surface area contributed by atoms with Crippen molar-refractivity contribution in [2.75, 3.05) is 11.4 Å². The van der Waals surface area contributed by atoms with E-state index in [1.165, 1.54) is 5.56 Å².